The maximum atomic E-state index is 10.6. The third kappa shape index (κ3) is 9.84. The van der Waals surface area contributed by atoms with Crippen LogP contribution in [0.25, 0.3) is 0 Å². The zero-order valence-corrected chi connectivity index (χ0v) is 22.2. The Labute approximate surface area is 207 Å². The summed E-state index contributed by atoms with van der Waals surface area (Å²) in [6, 6.07) is 12.8. The van der Waals surface area contributed by atoms with Crippen LogP contribution in [0.15, 0.2) is 46.2 Å². The highest BCUT2D eigenvalue weighted by Gasteiger charge is 2.13. The van der Waals surface area contributed by atoms with Crippen molar-refractivity contribution in [3.05, 3.63) is 58.7 Å². The van der Waals surface area contributed by atoms with Crippen molar-refractivity contribution in [2.45, 2.75) is 127 Å². The fourth-order valence-electron chi connectivity index (χ4n) is 4.50. The number of benzene rings is 2. The van der Waals surface area contributed by atoms with Gasteiger partial charge in [-0.25, -0.2) is 0 Å². The van der Waals surface area contributed by atoms with Crippen LogP contribution in [-0.4, -0.2) is 10.2 Å². The Kier molecular flexibility index (Phi) is 13.2. The first-order valence-corrected chi connectivity index (χ1v) is 14.0. The molecule has 0 aliphatic rings. The molecule has 3 heteroatoms. The summed E-state index contributed by atoms with van der Waals surface area (Å²) in [5.41, 5.74) is 4.44. The minimum absolute atomic E-state index is 0.365. The largest absolute Gasteiger partial charge is 0.388 e. The lowest BCUT2D eigenvalue weighted by atomic mass is 9.98. The number of aliphatic hydroxyl groups is 2. The number of hydrogen-bond donors (Lipinski definition) is 2. The molecule has 2 aromatic carbocycles. The minimum Gasteiger partial charge on any atom is -0.388 e. The van der Waals surface area contributed by atoms with Gasteiger partial charge in [0.05, 0.1) is 12.2 Å². The molecule has 0 heterocycles. The van der Waals surface area contributed by atoms with Gasteiger partial charge in [-0.2, -0.15) is 0 Å². The predicted molar refractivity (Wildman–Crippen MR) is 143 cm³/mol. The molecule has 0 radical (unpaired) electrons. The van der Waals surface area contributed by atoms with E-state index in [0.29, 0.717) is 0 Å². The van der Waals surface area contributed by atoms with Gasteiger partial charge in [0.25, 0.3) is 0 Å². The first kappa shape index (κ1) is 28.0. The van der Waals surface area contributed by atoms with Crippen molar-refractivity contribution in [2.75, 3.05) is 0 Å². The SMILES string of the molecule is CCCCCCCC(O)c1ccc(Sc2ccc(C(O)CCCCCCC)c(C)c2)cc1C. The van der Waals surface area contributed by atoms with Gasteiger partial charge in [0.2, 0.25) is 0 Å². The van der Waals surface area contributed by atoms with Gasteiger partial charge in [-0.3, -0.25) is 0 Å². The molecule has 0 amide bonds. The molecule has 2 nitrogen and oxygen atoms in total. The second-order valence-electron chi connectivity index (χ2n) is 9.58. The molecule has 0 spiro atoms. The molecule has 0 bridgehead atoms. The summed E-state index contributed by atoms with van der Waals surface area (Å²) in [6.45, 7) is 8.66. The van der Waals surface area contributed by atoms with Gasteiger partial charge < -0.3 is 10.2 Å². The topological polar surface area (TPSA) is 40.5 Å². The fourth-order valence-corrected chi connectivity index (χ4v) is 5.52. The summed E-state index contributed by atoms with van der Waals surface area (Å²) in [6.07, 6.45) is 13.2. The van der Waals surface area contributed by atoms with E-state index < -0.39 is 0 Å². The average molecular weight is 471 g/mol. The van der Waals surface area contributed by atoms with E-state index in [9.17, 15) is 10.2 Å². The van der Waals surface area contributed by atoms with Crippen molar-refractivity contribution in [1.82, 2.24) is 0 Å². The van der Waals surface area contributed by atoms with E-state index in [1.54, 1.807) is 11.8 Å². The van der Waals surface area contributed by atoms with Crippen LogP contribution in [-0.2, 0) is 0 Å². The lowest BCUT2D eigenvalue weighted by Crippen LogP contribution is -2.01. The van der Waals surface area contributed by atoms with Gasteiger partial charge in [0.1, 0.15) is 0 Å². The van der Waals surface area contributed by atoms with E-state index in [4.69, 9.17) is 0 Å². The zero-order valence-electron chi connectivity index (χ0n) is 21.4. The van der Waals surface area contributed by atoms with Crippen molar-refractivity contribution < 1.29 is 10.2 Å². The summed E-state index contributed by atoms with van der Waals surface area (Å²) in [7, 11) is 0. The normalized spacial score (nSPS) is 13.3. The number of unbranched alkanes of at least 4 members (excludes halogenated alkanes) is 8. The van der Waals surface area contributed by atoms with Crippen LogP contribution in [0.3, 0.4) is 0 Å². The van der Waals surface area contributed by atoms with Crippen molar-refractivity contribution in [3.8, 4) is 0 Å². The molecule has 0 fully saturated rings. The number of aliphatic hydroxyl groups excluding tert-OH is 2. The minimum atomic E-state index is -0.365. The van der Waals surface area contributed by atoms with Gasteiger partial charge in [-0.1, -0.05) is 102 Å². The average Bonchev–Trinajstić information content (AvgIpc) is 2.78. The van der Waals surface area contributed by atoms with Crippen LogP contribution in [0.1, 0.15) is 125 Å². The Hall–Kier alpha value is -1.29. The maximum absolute atomic E-state index is 10.6. The van der Waals surface area contributed by atoms with Crippen molar-refractivity contribution in [1.29, 1.82) is 0 Å². The Morgan fingerprint density at radius 3 is 1.36 bits per heavy atom. The van der Waals surface area contributed by atoms with Crippen LogP contribution in [0.4, 0.5) is 0 Å². The summed E-state index contributed by atoms with van der Waals surface area (Å²) >= 11 is 1.75. The molecule has 2 rings (SSSR count). The van der Waals surface area contributed by atoms with Gasteiger partial charge >= 0.3 is 0 Å². The van der Waals surface area contributed by atoms with Gasteiger partial charge in [0.15, 0.2) is 0 Å². The molecule has 0 saturated heterocycles. The second-order valence-corrected chi connectivity index (χ2v) is 10.7. The van der Waals surface area contributed by atoms with E-state index in [1.807, 2.05) is 0 Å². The Balaban J connectivity index is 1.90. The maximum Gasteiger partial charge on any atom is 0.0792 e. The smallest absolute Gasteiger partial charge is 0.0792 e. The molecular weight excluding hydrogens is 424 g/mol. The first-order chi connectivity index (χ1) is 16.0. The van der Waals surface area contributed by atoms with E-state index in [0.717, 1.165) is 47.9 Å². The third-order valence-corrected chi connectivity index (χ3v) is 7.58. The van der Waals surface area contributed by atoms with E-state index >= 15 is 0 Å². The molecule has 2 N–H and O–H groups in total. The summed E-state index contributed by atoms with van der Waals surface area (Å²) in [5.74, 6) is 0. The van der Waals surface area contributed by atoms with E-state index in [2.05, 4.69) is 64.1 Å². The van der Waals surface area contributed by atoms with E-state index in [1.165, 1.54) is 61.2 Å². The van der Waals surface area contributed by atoms with Crippen molar-refractivity contribution >= 4 is 11.8 Å². The molecular formula is C30H46O2S. The number of aryl methyl sites for hydroxylation is 2. The van der Waals surface area contributed by atoms with Crippen LogP contribution in [0, 0.1) is 13.8 Å². The highest BCUT2D eigenvalue weighted by Crippen LogP contribution is 2.34. The lowest BCUT2D eigenvalue weighted by molar-refractivity contribution is 0.162. The second kappa shape index (κ2) is 15.6. The Morgan fingerprint density at radius 1 is 0.606 bits per heavy atom. The molecule has 33 heavy (non-hydrogen) atoms. The molecule has 2 aromatic rings. The van der Waals surface area contributed by atoms with Crippen LogP contribution < -0.4 is 0 Å². The summed E-state index contributed by atoms with van der Waals surface area (Å²) in [4.78, 5) is 2.38. The molecule has 2 atom stereocenters. The Bertz CT molecular complexity index is 749. The van der Waals surface area contributed by atoms with Crippen molar-refractivity contribution in [3.63, 3.8) is 0 Å². The summed E-state index contributed by atoms with van der Waals surface area (Å²) in [5, 5.41) is 21.3. The van der Waals surface area contributed by atoms with E-state index in [-0.39, 0.29) is 12.2 Å². The zero-order chi connectivity index (χ0) is 24.1. The van der Waals surface area contributed by atoms with Gasteiger partial charge in [-0.15, -0.1) is 0 Å². The van der Waals surface area contributed by atoms with Crippen LogP contribution in [0.2, 0.25) is 0 Å². The molecule has 184 valence electrons. The summed E-state index contributed by atoms with van der Waals surface area (Å²) < 4.78 is 0. The third-order valence-electron chi connectivity index (χ3n) is 6.60. The molecule has 0 saturated carbocycles. The fraction of sp³-hybridized carbons (Fsp3) is 0.600. The molecule has 0 aliphatic carbocycles. The quantitative estimate of drug-likeness (QED) is 0.240. The highest BCUT2D eigenvalue weighted by molar-refractivity contribution is 7.99. The first-order valence-electron chi connectivity index (χ1n) is 13.2. The van der Waals surface area contributed by atoms with Crippen molar-refractivity contribution in [2.24, 2.45) is 0 Å². The standard InChI is InChI=1S/C30H46O2S/c1-5-7-9-11-13-15-29(31)27-19-17-25(21-23(27)3)33-26-18-20-28(24(4)22-26)30(32)16-14-12-10-8-6-2/h17-22,29-32H,5-16H2,1-4H3. The molecule has 0 aromatic heterocycles. The molecule has 2 unspecified atom stereocenters. The Morgan fingerprint density at radius 2 is 1.00 bits per heavy atom. The molecule has 0 aliphatic heterocycles. The number of hydrogen-bond acceptors (Lipinski definition) is 3. The monoisotopic (exact) mass is 470 g/mol. The predicted octanol–water partition coefficient (Wildman–Crippen LogP) is 9.24. The number of rotatable bonds is 16. The lowest BCUT2D eigenvalue weighted by Gasteiger charge is -2.16. The van der Waals surface area contributed by atoms with Gasteiger partial charge in [-0.05, 0) is 73.2 Å². The van der Waals surface area contributed by atoms with Gasteiger partial charge in [0, 0.05) is 9.79 Å². The van der Waals surface area contributed by atoms with Crippen LogP contribution >= 0.6 is 11.8 Å². The van der Waals surface area contributed by atoms with Crippen LogP contribution in [0.5, 0.6) is 0 Å². The highest BCUT2D eigenvalue weighted by atomic mass is 32.2.